The summed E-state index contributed by atoms with van der Waals surface area (Å²) in [5.41, 5.74) is 0.631. The highest BCUT2D eigenvalue weighted by atomic mass is 16.6. The molecule has 0 heterocycles. The lowest BCUT2D eigenvalue weighted by atomic mass is 10.1. The number of esters is 2. The van der Waals surface area contributed by atoms with Gasteiger partial charge in [-0.1, -0.05) is 6.07 Å². The summed E-state index contributed by atoms with van der Waals surface area (Å²) in [6, 6.07) is 10.4. The van der Waals surface area contributed by atoms with Crippen molar-refractivity contribution in [1.82, 2.24) is 0 Å². The molecule has 10 heteroatoms. The summed E-state index contributed by atoms with van der Waals surface area (Å²) in [7, 11) is 0. The van der Waals surface area contributed by atoms with Crippen molar-refractivity contribution in [2.45, 2.75) is 20.8 Å². The first kappa shape index (κ1) is 24.9. The maximum Gasteiger partial charge on any atom is 0.349 e. The quantitative estimate of drug-likeness (QED) is 0.131. The van der Waals surface area contributed by atoms with Gasteiger partial charge in [-0.25, -0.2) is 9.59 Å². The normalized spacial score (nSPS) is 10.7. The summed E-state index contributed by atoms with van der Waals surface area (Å²) < 4.78 is 21.0. The number of carbonyl (C=O) groups is 2. The number of rotatable bonds is 10. The summed E-state index contributed by atoms with van der Waals surface area (Å²) in [6.45, 7) is 4.92. The van der Waals surface area contributed by atoms with Crippen molar-refractivity contribution < 1.29 is 33.5 Å². The van der Waals surface area contributed by atoms with E-state index in [0.717, 1.165) is 0 Å². The van der Waals surface area contributed by atoms with Crippen molar-refractivity contribution in [2.75, 3.05) is 19.8 Å². The standard InChI is InChI=1S/C23H22N2O8/c1-4-30-21-12-16(11-17(13-24)23(27)31-5-2)6-9-20(21)33-22(26)14-32-18-7-8-19(25(28)29)15(3)10-18/h6-12H,4-5,14H2,1-3H3/b17-11+. The molecule has 0 spiro atoms. The van der Waals surface area contributed by atoms with Crippen LogP contribution in [0.1, 0.15) is 25.0 Å². The Morgan fingerprint density at radius 2 is 1.85 bits per heavy atom. The van der Waals surface area contributed by atoms with Gasteiger partial charge in [-0.2, -0.15) is 5.26 Å². The smallest absolute Gasteiger partial charge is 0.349 e. The lowest BCUT2D eigenvalue weighted by molar-refractivity contribution is -0.385. The summed E-state index contributed by atoms with van der Waals surface area (Å²) >= 11 is 0. The monoisotopic (exact) mass is 454 g/mol. The van der Waals surface area contributed by atoms with Gasteiger partial charge < -0.3 is 18.9 Å². The van der Waals surface area contributed by atoms with Crippen LogP contribution in [0.2, 0.25) is 0 Å². The number of nitriles is 1. The molecule has 0 aliphatic heterocycles. The molecule has 172 valence electrons. The molecule has 0 bridgehead atoms. The highest BCUT2D eigenvalue weighted by Gasteiger charge is 2.15. The van der Waals surface area contributed by atoms with Crippen LogP contribution in [-0.4, -0.2) is 36.7 Å². The summed E-state index contributed by atoms with van der Waals surface area (Å²) in [5.74, 6) is -0.834. The highest BCUT2D eigenvalue weighted by molar-refractivity contribution is 5.98. The Balaban J connectivity index is 2.12. The fourth-order valence-corrected chi connectivity index (χ4v) is 2.70. The molecule has 33 heavy (non-hydrogen) atoms. The fourth-order valence-electron chi connectivity index (χ4n) is 2.70. The minimum Gasteiger partial charge on any atom is -0.490 e. The molecule has 2 aromatic carbocycles. The van der Waals surface area contributed by atoms with E-state index in [9.17, 15) is 25.0 Å². The van der Waals surface area contributed by atoms with Crippen molar-refractivity contribution >= 4 is 23.7 Å². The van der Waals surface area contributed by atoms with E-state index >= 15 is 0 Å². The number of hydrogen-bond acceptors (Lipinski definition) is 9. The van der Waals surface area contributed by atoms with Crippen LogP contribution in [0.3, 0.4) is 0 Å². The third kappa shape index (κ3) is 7.07. The van der Waals surface area contributed by atoms with Gasteiger partial charge in [0.1, 0.15) is 17.4 Å². The van der Waals surface area contributed by atoms with Crippen LogP contribution in [0.4, 0.5) is 5.69 Å². The van der Waals surface area contributed by atoms with Crippen LogP contribution >= 0.6 is 0 Å². The second kappa shape index (κ2) is 11.9. The molecule has 0 N–H and O–H groups in total. The maximum absolute atomic E-state index is 12.2. The van der Waals surface area contributed by atoms with Gasteiger partial charge in [-0.05, 0) is 56.7 Å². The maximum atomic E-state index is 12.2. The van der Waals surface area contributed by atoms with E-state index in [4.69, 9.17) is 18.9 Å². The second-order valence-corrected chi connectivity index (χ2v) is 6.50. The Bertz CT molecular complexity index is 1120. The fraction of sp³-hybridized carbons (Fsp3) is 0.261. The third-order valence-electron chi connectivity index (χ3n) is 4.14. The molecule has 0 amide bonds. The van der Waals surface area contributed by atoms with E-state index in [1.54, 1.807) is 32.9 Å². The van der Waals surface area contributed by atoms with Gasteiger partial charge in [0.15, 0.2) is 18.1 Å². The van der Waals surface area contributed by atoms with Crippen LogP contribution in [0, 0.1) is 28.4 Å². The molecule has 0 aromatic heterocycles. The van der Waals surface area contributed by atoms with E-state index in [2.05, 4.69) is 0 Å². The SMILES string of the molecule is CCOC(=O)/C(C#N)=C/c1ccc(OC(=O)COc2ccc([N+](=O)[O-])c(C)c2)c(OCC)c1. The van der Waals surface area contributed by atoms with E-state index in [1.165, 1.54) is 36.4 Å². The van der Waals surface area contributed by atoms with Crippen LogP contribution in [0.15, 0.2) is 42.0 Å². The van der Waals surface area contributed by atoms with Gasteiger partial charge in [-0.3, -0.25) is 10.1 Å². The lowest BCUT2D eigenvalue weighted by Gasteiger charge is -2.12. The van der Waals surface area contributed by atoms with E-state index in [-0.39, 0.29) is 41.7 Å². The zero-order valence-electron chi connectivity index (χ0n) is 18.3. The molecule has 0 aliphatic rings. The van der Waals surface area contributed by atoms with Crippen molar-refractivity contribution in [3.8, 4) is 23.3 Å². The lowest BCUT2D eigenvalue weighted by Crippen LogP contribution is -2.18. The number of aryl methyl sites for hydroxylation is 1. The third-order valence-corrected chi connectivity index (χ3v) is 4.14. The van der Waals surface area contributed by atoms with Gasteiger partial charge in [0.25, 0.3) is 5.69 Å². The molecular weight excluding hydrogens is 432 g/mol. The molecule has 0 aliphatic carbocycles. The average molecular weight is 454 g/mol. The summed E-state index contributed by atoms with van der Waals surface area (Å²) in [5, 5.41) is 20.1. The molecule has 0 unspecified atom stereocenters. The van der Waals surface area contributed by atoms with Crippen molar-refractivity contribution in [3.63, 3.8) is 0 Å². The molecule has 0 atom stereocenters. The predicted molar refractivity (Wildman–Crippen MR) is 117 cm³/mol. The zero-order valence-corrected chi connectivity index (χ0v) is 18.3. The Labute approximate surface area is 190 Å². The Morgan fingerprint density at radius 1 is 1.09 bits per heavy atom. The Hall–Kier alpha value is -4.39. The van der Waals surface area contributed by atoms with Gasteiger partial charge in [0.2, 0.25) is 0 Å². The topological polar surface area (TPSA) is 138 Å². The Kier molecular flexibility index (Phi) is 8.94. The number of hydrogen-bond donors (Lipinski definition) is 0. The second-order valence-electron chi connectivity index (χ2n) is 6.50. The number of nitro groups is 1. The number of nitrogens with zero attached hydrogens (tertiary/aromatic N) is 2. The number of benzene rings is 2. The zero-order chi connectivity index (χ0) is 24.4. The van der Waals surface area contributed by atoms with Gasteiger partial charge >= 0.3 is 11.9 Å². The highest BCUT2D eigenvalue weighted by Crippen LogP contribution is 2.30. The molecule has 0 radical (unpaired) electrons. The summed E-state index contributed by atoms with van der Waals surface area (Å²) in [4.78, 5) is 34.4. The molecular formula is C23H22N2O8. The summed E-state index contributed by atoms with van der Waals surface area (Å²) in [6.07, 6.45) is 1.34. The first-order valence-electron chi connectivity index (χ1n) is 9.93. The number of nitro benzene ring substituents is 1. The molecule has 0 fully saturated rings. The van der Waals surface area contributed by atoms with Crippen LogP contribution in [0.25, 0.3) is 6.08 Å². The molecule has 10 nitrogen and oxygen atoms in total. The minimum atomic E-state index is -0.743. The first-order chi connectivity index (χ1) is 15.8. The van der Waals surface area contributed by atoms with Crippen molar-refractivity contribution in [3.05, 3.63) is 63.2 Å². The van der Waals surface area contributed by atoms with Crippen LogP contribution in [0.5, 0.6) is 17.2 Å². The molecule has 2 rings (SSSR count). The van der Waals surface area contributed by atoms with E-state index in [1.807, 2.05) is 0 Å². The van der Waals surface area contributed by atoms with Gasteiger partial charge in [-0.15, -0.1) is 0 Å². The average Bonchev–Trinajstić information content (AvgIpc) is 2.77. The Morgan fingerprint density at radius 3 is 2.45 bits per heavy atom. The number of ether oxygens (including phenoxy) is 4. The molecule has 2 aromatic rings. The largest absolute Gasteiger partial charge is 0.490 e. The van der Waals surface area contributed by atoms with Crippen molar-refractivity contribution in [1.29, 1.82) is 5.26 Å². The first-order valence-corrected chi connectivity index (χ1v) is 9.93. The van der Waals surface area contributed by atoms with Crippen molar-refractivity contribution in [2.24, 2.45) is 0 Å². The van der Waals surface area contributed by atoms with Gasteiger partial charge in [0.05, 0.1) is 18.1 Å². The van der Waals surface area contributed by atoms with E-state index in [0.29, 0.717) is 11.1 Å². The minimum absolute atomic E-state index is 0.0528. The van der Waals surface area contributed by atoms with Gasteiger partial charge in [0, 0.05) is 11.6 Å². The van der Waals surface area contributed by atoms with Crippen LogP contribution in [-0.2, 0) is 14.3 Å². The van der Waals surface area contributed by atoms with Crippen LogP contribution < -0.4 is 14.2 Å². The van der Waals surface area contributed by atoms with E-state index < -0.39 is 23.5 Å². The predicted octanol–water partition coefficient (Wildman–Crippen LogP) is 3.76. The molecule has 0 saturated carbocycles. The number of carbonyl (C=O) groups excluding carboxylic acids is 2. The molecule has 0 saturated heterocycles.